The second kappa shape index (κ2) is 6.51. The van der Waals surface area contributed by atoms with Crippen molar-refractivity contribution in [3.63, 3.8) is 0 Å². The molecule has 0 spiro atoms. The van der Waals surface area contributed by atoms with Gasteiger partial charge in [0.25, 0.3) is 5.56 Å². The molecule has 0 bridgehead atoms. The van der Waals surface area contributed by atoms with E-state index in [1.54, 1.807) is 0 Å². The van der Waals surface area contributed by atoms with Crippen LogP contribution in [-0.4, -0.2) is 39.1 Å². The first kappa shape index (κ1) is 16.9. The lowest BCUT2D eigenvalue weighted by molar-refractivity contribution is -0.123. The summed E-state index contributed by atoms with van der Waals surface area (Å²) in [5, 5.41) is 3.71. The third-order valence-electron chi connectivity index (χ3n) is 3.83. The maximum absolute atomic E-state index is 12.6. The number of amides is 1. The van der Waals surface area contributed by atoms with Gasteiger partial charge in [-0.15, -0.1) is 0 Å². The second-order valence-electron chi connectivity index (χ2n) is 7.17. The molecule has 1 amide bonds. The Morgan fingerprint density at radius 1 is 1.29 bits per heavy atom. The van der Waals surface area contributed by atoms with Gasteiger partial charge < -0.3 is 10.2 Å². The molecule has 7 nitrogen and oxygen atoms in total. The summed E-state index contributed by atoms with van der Waals surface area (Å²) < 4.78 is 1.86. The molecule has 1 aliphatic heterocycles. The molecule has 1 aliphatic rings. The molecule has 130 valence electrons. The van der Waals surface area contributed by atoms with Crippen LogP contribution in [0.25, 0.3) is 10.3 Å². The van der Waals surface area contributed by atoms with E-state index in [9.17, 15) is 9.59 Å². The van der Waals surface area contributed by atoms with Gasteiger partial charge in [0, 0.05) is 18.6 Å². The van der Waals surface area contributed by atoms with Crippen LogP contribution < -0.4 is 15.8 Å². The molecule has 0 radical (unpaired) electrons. The maximum atomic E-state index is 12.6. The molecule has 2 aromatic heterocycles. The summed E-state index contributed by atoms with van der Waals surface area (Å²) in [6.07, 6.45) is 4.96. The number of carbonyl (C=O) groups is 1. The van der Waals surface area contributed by atoms with Crippen LogP contribution >= 0.6 is 11.3 Å². The minimum absolute atomic E-state index is 0.0318. The van der Waals surface area contributed by atoms with Gasteiger partial charge in [0.1, 0.15) is 17.6 Å². The molecule has 3 heterocycles. The summed E-state index contributed by atoms with van der Waals surface area (Å²) in [6.45, 7) is 7.63. The predicted molar refractivity (Wildman–Crippen MR) is 95.6 cm³/mol. The van der Waals surface area contributed by atoms with Crippen LogP contribution in [0.15, 0.2) is 11.1 Å². The van der Waals surface area contributed by atoms with Crippen molar-refractivity contribution in [1.29, 1.82) is 0 Å². The minimum Gasteiger partial charge on any atom is -0.350 e. The standard InChI is InChI=1S/C16H23N5O2S/c1-16(2,3)19-11(22)9-21-10-17-13-12(14(21)23)24-15(18-13)20-7-5-4-6-8-20/h10H,4-9H2,1-3H3,(H,19,22). The van der Waals surface area contributed by atoms with Crippen LogP contribution in [-0.2, 0) is 11.3 Å². The Hall–Kier alpha value is -1.96. The molecule has 0 aliphatic carbocycles. The van der Waals surface area contributed by atoms with E-state index in [4.69, 9.17) is 0 Å². The fourth-order valence-electron chi connectivity index (χ4n) is 2.78. The highest BCUT2D eigenvalue weighted by Gasteiger charge is 2.19. The average Bonchev–Trinajstić information content (AvgIpc) is 2.94. The van der Waals surface area contributed by atoms with Crippen LogP contribution in [0.5, 0.6) is 0 Å². The molecule has 0 atom stereocenters. The van der Waals surface area contributed by atoms with Crippen molar-refractivity contribution in [2.45, 2.75) is 52.1 Å². The SMILES string of the molecule is CC(C)(C)NC(=O)Cn1cnc2nc(N3CCCCC3)sc2c1=O. The molecule has 0 aromatic carbocycles. The van der Waals surface area contributed by atoms with Gasteiger partial charge in [-0.25, -0.2) is 4.98 Å². The summed E-state index contributed by atoms with van der Waals surface area (Å²) >= 11 is 1.37. The molecule has 0 saturated carbocycles. The van der Waals surface area contributed by atoms with Crippen molar-refractivity contribution < 1.29 is 4.79 Å². The molecule has 1 N–H and O–H groups in total. The highest BCUT2D eigenvalue weighted by atomic mass is 32.1. The quantitative estimate of drug-likeness (QED) is 0.913. The number of nitrogens with one attached hydrogen (secondary N) is 1. The van der Waals surface area contributed by atoms with E-state index in [0.29, 0.717) is 10.3 Å². The highest BCUT2D eigenvalue weighted by Crippen LogP contribution is 2.27. The molecule has 3 rings (SSSR count). The van der Waals surface area contributed by atoms with Crippen LogP contribution in [0.4, 0.5) is 5.13 Å². The normalized spacial score (nSPS) is 15.7. The van der Waals surface area contributed by atoms with E-state index >= 15 is 0 Å². The lowest BCUT2D eigenvalue weighted by Crippen LogP contribution is -2.43. The van der Waals surface area contributed by atoms with Gasteiger partial charge >= 0.3 is 0 Å². The second-order valence-corrected chi connectivity index (χ2v) is 8.15. The zero-order valence-electron chi connectivity index (χ0n) is 14.3. The molecular weight excluding hydrogens is 326 g/mol. The number of aromatic nitrogens is 3. The van der Waals surface area contributed by atoms with E-state index in [1.165, 1.54) is 28.7 Å². The van der Waals surface area contributed by atoms with Gasteiger partial charge in [-0.2, -0.15) is 4.98 Å². The van der Waals surface area contributed by atoms with Crippen LogP contribution in [0.2, 0.25) is 0 Å². The molecule has 2 aromatic rings. The van der Waals surface area contributed by atoms with Crippen molar-refractivity contribution >= 4 is 32.7 Å². The first-order chi connectivity index (χ1) is 11.3. The number of nitrogens with zero attached hydrogens (tertiary/aromatic N) is 4. The first-order valence-electron chi connectivity index (χ1n) is 8.25. The zero-order chi connectivity index (χ0) is 17.3. The number of thiazole rings is 1. The van der Waals surface area contributed by atoms with E-state index < -0.39 is 0 Å². The van der Waals surface area contributed by atoms with Crippen LogP contribution in [0.3, 0.4) is 0 Å². The highest BCUT2D eigenvalue weighted by molar-refractivity contribution is 7.22. The van der Waals surface area contributed by atoms with Crippen molar-refractivity contribution in [2.24, 2.45) is 0 Å². The third-order valence-corrected chi connectivity index (χ3v) is 4.92. The van der Waals surface area contributed by atoms with Gasteiger partial charge in [0.05, 0.1) is 0 Å². The molecular formula is C16H23N5O2S. The topological polar surface area (TPSA) is 80.1 Å². The molecule has 1 fully saturated rings. The number of piperidine rings is 1. The number of hydrogen-bond acceptors (Lipinski definition) is 6. The smallest absolute Gasteiger partial charge is 0.273 e. The fraction of sp³-hybridized carbons (Fsp3) is 0.625. The summed E-state index contributed by atoms with van der Waals surface area (Å²) in [5.41, 5.74) is -0.0627. The Labute approximate surface area is 144 Å². The van der Waals surface area contributed by atoms with E-state index in [2.05, 4.69) is 20.2 Å². The lowest BCUT2D eigenvalue weighted by Gasteiger charge is -2.25. The average molecular weight is 349 g/mol. The summed E-state index contributed by atoms with van der Waals surface area (Å²) in [7, 11) is 0. The Morgan fingerprint density at radius 3 is 2.67 bits per heavy atom. The minimum atomic E-state index is -0.329. The molecule has 8 heteroatoms. The fourth-order valence-corrected chi connectivity index (χ4v) is 3.80. The summed E-state index contributed by atoms with van der Waals surface area (Å²) in [5.74, 6) is -0.202. The molecule has 1 saturated heterocycles. The molecule has 24 heavy (non-hydrogen) atoms. The monoisotopic (exact) mass is 349 g/mol. The lowest BCUT2D eigenvalue weighted by atomic mass is 10.1. The largest absolute Gasteiger partial charge is 0.350 e. The zero-order valence-corrected chi connectivity index (χ0v) is 15.2. The van der Waals surface area contributed by atoms with E-state index in [1.807, 2.05) is 20.8 Å². The Balaban J connectivity index is 1.85. The predicted octanol–water partition coefficient (Wildman–Crippen LogP) is 1.76. The van der Waals surface area contributed by atoms with Crippen LogP contribution in [0.1, 0.15) is 40.0 Å². The van der Waals surface area contributed by atoms with Gasteiger partial charge in [-0.1, -0.05) is 11.3 Å². The van der Waals surface area contributed by atoms with Gasteiger partial charge in [-0.3, -0.25) is 14.2 Å². The van der Waals surface area contributed by atoms with Crippen molar-refractivity contribution in [3.8, 4) is 0 Å². The number of fused-ring (bicyclic) bond motifs is 1. The van der Waals surface area contributed by atoms with Gasteiger partial charge in [-0.05, 0) is 40.0 Å². The first-order valence-corrected chi connectivity index (χ1v) is 9.07. The third kappa shape index (κ3) is 3.75. The number of carbonyl (C=O) groups excluding carboxylic acids is 1. The Bertz CT molecular complexity index is 799. The summed E-state index contributed by atoms with van der Waals surface area (Å²) in [4.78, 5) is 35.6. The number of hydrogen-bond donors (Lipinski definition) is 1. The number of anilines is 1. The number of rotatable bonds is 3. The van der Waals surface area contributed by atoms with Crippen molar-refractivity contribution in [2.75, 3.05) is 18.0 Å². The Kier molecular flexibility index (Phi) is 4.58. The van der Waals surface area contributed by atoms with Crippen LogP contribution in [0, 0.1) is 0 Å². The van der Waals surface area contributed by atoms with Crippen molar-refractivity contribution in [1.82, 2.24) is 19.9 Å². The van der Waals surface area contributed by atoms with Gasteiger partial charge in [0.15, 0.2) is 10.8 Å². The summed E-state index contributed by atoms with van der Waals surface area (Å²) in [6, 6.07) is 0. The van der Waals surface area contributed by atoms with Crippen molar-refractivity contribution in [3.05, 3.63) is 16.7 Å². The van der Waals surface area contributed by atoms with E-state index in [0.717, 1.165) is 31.1 Å². The molecule has 0 unspecified atom stereocenters. The maximum Gasteiger partial charge on any atom is 0.273 e. The van der Waals surface area contributed by atoms with Gasteiger partial charge in [0.2, 0.25) is 5.91 Å². The Morgan fingerprint density at radius 2 is 2.00 bits per heavy atom. The van der Waals surface area contributed by atoms with E-state index in [-0.39, 0.29) is 23.6 Å².